The normalized spacial score (nSPS) is 11.5. The average Bonchev–Trinajstić information content (AvgIpc) is 2.59. The standard InChI is InChI=1S/C21H15N/c1-3-7-19-17(5-1)15-18-6-2-4-8-20(18)21(19)10-9-16-11-13-22-14-12-16/h1-15H/b10-9+. The van der Waals surface area contributed by atoms with Crippen LogP contribution in [0.4, 0.5) is 0 Å². The highest BCUT2D eigenvalue weighted by Crippen LogP contribution is 2.29. The van der Waals surface area contributed by atoms with Gasteiger partial charge in [-0.1, -0.05) is 60.7 Å². The molecule has 1 aromatic heterocycles. The highest BCUT2D eigenvalue weighted by Gasteiger charge is 2.04. The fourth-order valence-corrected chi connectivity index (χ4v) is 2.88. The highest BCUT2D eigenvalue weighted by atomic mass is 14.6. The molecule has 0 atom stereocenters. The van der Waals surface area contributed by atoms with Crippen LogP contribution < -0.4 is 0 Å². The SMILES string of the molecule is C(=C\c1c2ccccc2cc2ccccc12)/c1ccncc1. The summed E-state index contributed by atoms with van der Waals surface area (Å²) in [5.41, 5.74) is 2.43. The van der Waals surface area contributed by atoms with Crippen LogP contribution in [0.1, 0.15) is 11.1 Å². The molecule has 0 radical (unpaired) electrons. The zero-order chi connectivity index (χ0) is 14.8. The monoisotopic (exact) mass is 281 g/mol. The number of aromatic nitrogens is 1. The first kappa shape index (κ1) is 12.8. The summed E-state index contributed by atoms with van der Waals surface area (Å²) in [4.78, 5) is 4.07. The van der Waals surface area contributed by atoms with Crippen molar-refractivity contribution in [1.29, 1.82) is 0 Å². The van der Waals surface area contributed by atoms with E-state index >= 15 is 0 Å². The van der Waals surface area contributed by atoms with E-state index in [0.29, 0.717) is 0 Å². The Morgan fingerprint density at radius 2 is 1.23 bits per heavy atom. The third-order valence-electron chi connectivity index (χ3n) is 3.96. The summed E-state index contributed by atoms with van der Waals surface area (Å²) in [6.45, 7) is 0. The lowest BCUT2D eigenvalue weighted by atomic mass is 9.96. The maximum atomic E-state index is 4.07. The number of hydrogen-bond donors (Lipinski definition) is 0. The number of hydrogen-bond acceptors (Lipinski definition) is 1. The van der Waals surface area contributed by atoms with Gasteiger partial charge in [-0.25, -0.2) is 0 Å². The number of fused-ring (bicyclic) bond motifs is 2. The van der Waals surface area contributed by atoms with Crippen LogP contribution in [0.15, 0.2) is 79.1 Å². The minimum Gasteiger partial charge on any atom is -0.265 e. The molecule has 0 N–H and O–H groups in total. The summed E-state index contributed by atoms with van der Waals surface area (Å²) in [6.07, 6.45) is 8.00. The Kier molecular flexibility index (Phi) is 3.17. The molecule has 1 nitrogen and oxygen atoms in total. The van der Waals surface area contributed by atoms with Gasteiger partial charge in [-0.05, 0) is 50.9 Å². The van der Waals surface area contributed by atoms with Crippen LogP contribution in [0, 0.1) is 0 Å². The Morgan fingerprint density at radius 3 is 1.86 bits per heavy atom. The molecule has 0 spiro atoms. The van der Waals surface area contributed by atoms with Gasteiger partial charge >= 0.3 is 0 Å². The first-order valence-corrected chi connectivity index (χ1v) is 7.40. The molecule has 1 heteroatoms. The van der Waals surface area contributed by atoms with Gasteiger partial charge in [0.25, 0.3) is 0 Å². The van der Waals surface area contributed by atoms with Gasteiger partial charge in [-0.2, -0.15) is 0 Å². The minimum atomic E-state index is 1.16. The molecule has 0 amide bonds. The zero-order valence-corrected chi connectivity index (χ0v) is 12.1. The van der Waals surface area contributed by atoms with Crippen LogP contribution >= 0.6 is 0 Å². The summed E-state index contributed by atoms with van der Waals surface area (Å²) < 4.78 is 0. The number of rotatable bonds is 2. The van der Waals surface area contributed by atoms with E-state index in [2.05, 4.69) is 71.7 Å². The maximum absolute atomic E-state index is 4.07. The summed E-state index contributed by atoms with van der Waals surface area (Å²) in [5.74, 6) is 0. The van der Waals surface area contributed by atoms with Crippen molar-refractivity contribution in [3.63, 3.8) is 0 Å². The minimum absolute atomic E-state index is 1.16. The van der Waals surface area contributed by atoms with Crippen LogP contribution in [-0.4, -0.2) is 4.98 Å². The maximum Gasteiger partial charge on any atom is 0.0273 e. The summed E-state index contributed by atoms with van der Waals surface area (Å²) in [5, 5.41) is 5.11. The molecule has 0 unspecified atom stereocenters. The third kappa shape index (κ3) is 2.27. The molecular formula is C21H15N. The smallest absolute Gasteiger partial charge is 0.0273 e. The van der Waals surface area contributed by atoms with Gasteiger partial charge in [0.1, 0.15) is 0 Å². The Bertz CT molecular complexity index is 915. The molecule has 0 aliphatic carbocycles. The van der Waals surface area contributed by atoms with Crippen LogP contribution in [0.25, 0.3) is 33.7 Å². The van der Waals surface area contributed by atoms with E-state index in [9.17, 15) is 0 Å². The Balaban J connectivity index is 1.98. The Labute approximate surface area is 129 Å². The van der Waals surface area contributed by atoms with Crippen molar-refractivity contribution < 1.29 is 0 Å². The van der Waals surface area contributed by atoms with E-state index in [1.807, 2.05) is 24.5 Å². The van der Waals surface area contributed by atoms with E-state index in [0.717, 1.165) is 5.56 Å². The topological polar surface area (TPSA) is 12.9 Å². The van der Waals surface area contributed by atoms with Crippen molar-refractivity contribution in [3.05, 3.63) is 90.3 Å². The van der Waals surface area contributed by atoms with E-state index < -0.39 is 0 Å². The van der Waals surface area contributed by atoms with Gasteiger partial charge in [0.05, 0.1) is 0 Å². The van der Waals surface area contributed by atoms with E-state index in [1.165, 1.54) is 27.1 Å². The fourth-order valence-electron chi connectivity index (χ4n) is 2.88. The van der Waals surface area contributed by atoms with Gasteiger partial charge in [-0.3, -0.25) is 4.98 Å². The van der Waals surface area contributed by atoms with E-state index in [4.69, 9.17) is 0 Å². The molecule has 104 valence electrons. The molecule has 0 aliphatic heterocycles. The molecule has 1 heterocycles. The molecule has 4 aromatic rings. The third-order valence-corrected chi connectivity index (χ3v) is 3.96. The first-order valence-electron chi connectivity index (χ1n) is 7.40. The number of benzene rings is 3. The van der Waals surface area contributed by atoms with Crippen molar-refractivity contribution in [3.8, 4) is 0 Å². The molecule has 4 rings (SSSR count). The molecule has 0 saturated heterocycles. The quantitative estimate of drug-likeness (QED) is 0.438. The lowest BCUT2D eigenvalue weighted by molar-refractivity contribution is 1.32. The summed E-state index contributed by atoms with van der Waals surface area (Å²) in [6, 6.07) is 23.4. The van der Waals surface area contributed by atoms with Gasteiger partial charge < -0.3 is 0 Å². The second kappa shape index (κ2) is 5.45. The Hall–Kier alpha value is -2.93. The first-order chi connectivity index (χ1) is 10.9. The molecule has 3 aromatic carbocycles. The van der Waals surface area contributed by atoms with Crippen molar-refractivity contribution in [1.82, 2.24) is 4.98 Å². The zero-order valence-electron chi connectivity index (χ0n) is 12.1. The van der Waals surface area contributed by atoms with Crippen LogP contribution in [-0.2, 0) is 0 Å². The molecule has 0 bridgehead atoms. The van der Waals surface area contributed by atoms with Crippen LogP contribution in [0.3, 0.4) is 0 Å². The summed E-state index contributed by atoms with van der Waals surface area (Å²) >= 11 is 0. The predicted molar refractivity (Wildman–Crippen MR) is 94.6 cm³/mol. The number of pyridine rings is 1. The number of nitrogens with zero attached hydrogens (tertiary/aromatic N) is 1. The van der Waals surface area contributed by atoms with E-state index in [1.54, 1.807) is 0 Å². The average molecular weight is 281 g/mol. The van der Waals surface area contributed by atoms with Crippen LogP contribution in [0.5, 0.6) is 0 Å². The molecule has 0 fully saturated rings. The van der Waals surface area contributed by atoms with Crippen molar-refractivity contribution in [2.45, 2.75) is 0 Å². The van der Waals surface area contributed by atoms with Crippen molar-refractivity contribution >= 4 is 33.7 Å². The summed E-state index contributed by atoms with van der Waals surface area (Å²) in [7, 11) is 0. The van der Waals surface area contributed by atoms with Crippen molar-refractivity contribution in [2.24, 2.45) is 0 Å². The molecule has 22 heavy (non-hydrogen) atoms. The Morgan fingerprint density at radius 1 is 0.636 bits per heavy atom. The van der Waals surface area contributed by atoms with E-state index in [-0.39, 0.29) is 0 Å². The lowest BCUT2D eigenvalue weighted by Crippen LogP contribution is -1.83. The molecule has 0 saturated carbocycles. The largest absolute Gasteiger partial charge is 0.265 e. The molecule has 0 aliphatic rings. The van der Waals surface area contributed by atoms with Crippen LogP contribution in [0.2, 0.25) is 0 Å². The van der Waals surface area contributed by atoms with Crippen molar-refractivity contribution in [2.75, 3.05) is 0 Å². The van der Waals surface area contributed by atoms with Gasteiger partial charge in [-0.15, -0.1) is 0 Å². The second-order valence-corrected chi connectivity index (χ2v) is 5.35. The van der Waals surface area contributed by atoms with Gasteiger partial charge in [0.2, 0.25) is 0 Å². The van der Waals surface area contributed by atoms with Gasteiger partial charge in [0.15, 0.2) is 0 Å². The molecular weight excluding hydrogens is 266 g/mol. The second-order valence-electron chi connectivity index (χ2n) is 5.35. The van der Waals surface area contributed by atoms with Gasteiger partial charge in [0, 0.05) is 12.4 Å². The lowest BCUT2D eigenvalue weighted by Gasteiger charge is -2.08. The fraction of sp³-hybridized carbons (Fsp3) is 0. The predicted octanol–water partition coefficient (Wildman–Crippen LogP) is 5.56. The highest BCUT2D eigenvalue weighted by molar-refractivity contribution is 6.07.